The van der Waals surface area contributed by atoms with Gasteiger partial charge < -0.3 is 5.11 Å². The highest BCUT2D eigenvalue weighted by atomic mass is 32.1. The van der Waals surface area contributed by atoms with Crippen molar-refractivity contribution in [2.75, 3.05) is 0 Å². The van der Waals surface area contributed by atoms with Crippen LogP contribution in [0.4, 0.5) is 0 Å². The smallest absolute Gasteiger partial charge is 0.195 e. The van der Waals surface area contributed by atoms with Gasteiger partial charge in [-0.1, -0.05) is 19.8 Å². The third-order valence-corrected chi connectivity index (χ3v) is 3.48. The van der Waals surface area contributed by atoms with Crippen LogP contribution in [0.1, 0.15) is 44.5 Å². The predicted molar refractivity (Wildman–Crippen MR) is 60.0 cm³/mol. The Morgan fingerprint density at radius 1 is 1.60 bits per heavy atom. The summed E-state index contributed by atoms with van der Waals surface area (Å²) in [7, 11) is 0. The summed E-state index contributed by atoms with van der Waals surface area (Å²) in [6, 6.07) is 0.419. The van der Waals surface area contributed by atoms with E-state index in [-0.39, 0.29) is 6.61 Å². The van der Waals surface area contributed by atoms with Gasteiger partial charge in [0.25, 0.3) is 0 Å². The molecule has 1 aromatic heterocycles. The zero-order chi connectivity index (χ0) is 10.8. The first-order valence-electron chi connectivity index (χ1n) is 5.49. The molecule has 1 aromatic rings. The standard InChI is InChI=1S/C10H17N3OS/c1-7-3-2-4-8(5-7)13-9(6-14)11-12-10(13)15/h7-8,14H,2-6H2,1H3,(H,12,15). The lowest BCUT2D eigenvalue weighted by Crippen LogP contribution is -2.19. The summed E-state index contributed by atoms with van der Waals surface area (Å²) < 4.78 is 2.63. The summed E-state index contributed by atoms with van der Waals surface area (Å²) in [5.74, 6) is 1.41. The van der Waals surface area contributed by atoms with Gasteiger partial charge in [0.2, 0.25) is 0 Å². The molecule has 0 bridgehead atoms. The molecule has 1 saturated carbocycles. The average molecular weight is 227 g/mol. The van der Waals surface area contributed by atoms with E-state index in [0.29, 0.717) is 16.6 Å². The van der Waals surface area contributed by atoms with Gasteiger partial charge in [0.1, 0.15) is 6.61 Å². The fourth-order valence-corrected chi connectivity index (χ4v) is 2.76. The van der Waals surface area contributed by atoms with E-state index in [1.165, 1.54) is 12.8 Å². The van der Waals surface area contributed by atoms with Gasteiger partial charge in [-0.2, -0.15) is 5.10 Å². The van der Waals surface area contributed by atoms with Crippen molar-refractivity contribution in [3.05, 3.63) is 10.6 Å². The molecule has 84 valence electrons. The molecule has 0 radical (unpaired) electrons. The summed E-state index contributed by atoms with van der Waals surface area (Å²) in [5, 5.41) is 16.0. The molecular formula is C10H17N3OS. The Labute approximate surface area is 94.3 Å². The second-order valence-corrected chi connectivity index (χ2v) is 4.79. The number of aromatic nitrogens is 3. The average Bonchev–Trinajstić information content (AvgIpc) is 2.59. The van der Waals surface area contributed by atoms with Crippen LogP contribution in [0.15, 0.2) is 0 Å². The monoisotopic (exact) mass is 227 g/mol. The molecule has 5 heteroatoms. The number of rotatable bonds is 2. The van der Waals surface area contributed by atoms with Crippen molar-refractivity contribution in [1.82, 2.24) is 14.8 Å². The van der Waals surface area contributed by atoms with Crippen LogP contribution in [-0.4, -0.2) is 19.9 Å². The molecule has 1 fully saturated rings. The summed E-state index contributed by atoms with van der Waals surface area (Å²) in [5.41, 5.74) is 0. The van der Waals surface area contributed by atoms with Gasteiger partial charge in [-0.05, 0) is 31.0 Å². The molecule has 2 rings (SSSR count). The molecule has 0 saturated heterocycles. The molecule has 2 unspecified atom stereocenters. The number of aromatic amines is 1. The van der Waals surface area contributed by atoms with Crippen molar-refractivity contribution in [3.8, 4) is 0 Å². The summed E-state index contributed by atoms with van der Waals surface area (Å²) in [6.45, 7) is 2.23. The molecule has 1 aliphatic carbocycles. The Bertz CT molecular complexity index is 384. The number of hydrogen-bond donors (Lipinski definition) is 2. The lowest BCUT2D eigenvalue weighted by molar-refractivity contribution is 0.235. The molecule has 0 spiro atoms. The summed E-state index contributed by atoms with van der Waals surface area (Å²) >= 11 is 5.19. The molecule has 1 aliphatic rings. The van der Waals surface area contributed by atoms with Crippen LogP contribution in [-0.2, 0) is 6.61 Å². The quantitative estimate of drug-likeness (QED) is 0.761. The van der Waals surface area contributed by atoms with E-state index < -0.39 is 0 Å². The largest absolute Gasteiger partial charge is 0.388 e. The number of H-pyrrole nitrogens is 1. The lowest BCUT2D eigenvalue weighted by Gasteiger charge is -2.28. The second kappa shape index (κ2) is 4.45. The van der Waals surface area contributed by atoms with Crippen LogP contribution in [0.3, 0.4) is 0 Å². The van der Waals surface area contributed by atoms with Crippen LogP contribution in [0.25, 0.3) is 0 Å². The Balaban J connectivity index is 2.27. The SMILES string of the molecule is CC1CCCC(n2c(CO)n[nH]c2=S)C1. The zero-order valence-corrected chi connectivity index (χ0v) is 9.76. The molecule has 1 heterocycles. The van der Waals surface area contributed by atoms with Crippen molar-refractivity contribution >= 4 is 12.2 Å². The van der Waals surface area contributed by atoms with Gasteiger partial charge in [0.05, 0.1) is 0 Å². The van der Waals surface area contributed by atoms with Crippen LogP contribution in [0.5, 0.6) is 0 Å². The Hall–Kier alpha value is -0.680. The second-order valence-electron chi connectivity index (χ2n) is 4.40. The van der Waals surface area contributed by atoms with Crippen LogP contribution in [0, 0.1) is 10.7 Å². The van der Waals surface area contributed by atoms with Gasteiger partial charge in [0, 0.05) is 6.04 Å². The normalized spacial score (nSPS) is 26.8. The number of aliphatic hydroxyl groups is 1. The Kier molecular flexibility index (Phi) is 3.21. The van der Waals surface area contributed by atoms with E-state index >= 15 is 0 Å². The molecular weight excluding hydrogens is 210 g/mol. The third kappa shape index (κ3) is 2.13. The van der Waals surface area contributed by atoms with Crippen molar-refractivity contribution in [2.24, 2.45) is 5.92 Å². The van der Waals surface area contributed by atoms with Crippen LogP contribution < -0.4 is 0 Å². The van der Waals surface area contributed by atoms with Crippen LogP contribution in [0.2, 0.25) is 0 Å². The first kappa shape index (κ1) is 10.8. The highest BCUT2D eigenvalue weighted by Crippen LogP contribution is 2.32. The first-order valence-corrected chi connectivity index (χ1v) is 5.90. The maximum absolute atomic E-state index is 9.18. The molecule has 15 heavy (non-hydrogen) atoms. The number of aliphatic hydroxyl groups excluding tert-OH is 1. The summed E-state index contributed by atoms with van der Waals surface area (Å²) in [6.07, 6.45) is 4.83. The Morgan fingerprint density at radius 3 is 3.07 bits per heavy atom. The highest BCUT2D eigenvalue weighted by molar-refractivity contribution is 7.71. The van der Waals surface area contributed by atoms with Gasteiger partial charge in [-0.3, -0.25) is 9.67 Å². The maximum atomic E-state index is 9.18. The van der Waals surface area contributed by atoms with Crippen molar-refractivity contribution in [2.45, 2.75) is 45.3 Å². The Morgan fingerprint density at radius 2 is 2.40 bits per heavy atom. The van der Waals surface area contributed by atoms with E-state index in [1.807, 2.05) is 4.57 Å². The molecule has 0 amide bonds. The number of nitrogens with one attached hydrogen (secondary N) is 1. The van der Waals surface area contributed by atoms with E-state index in [1.54, 1.807) is 0 Å². The minimum Gasteiger partial charge on any atom is -0.388 e. The minimum atomic E-state index is -0.0436. The van der Waals surface area contributed by atoms with E-state index in [4.69, 9.17) is 12.2 Å². The minimum absolute atomic E-state index is 0.0436. The summed E-state index contributed by atoms with van der Waals surface area (Å²) in [4.78, 5) is 0. The van der Waals surface area contributed by atoms with Crippen molar-refractivity contribution in [1.29, 1.82) is 0 Å². The fraction of sp³-hybridized carbons (Fsp3) is 0.800. The van der Waals surface area contributed by atoms with Gasteiger partial charge >= 0.3 is 0 Å². The number of hydrogen-bond acceptors (Lipinski definition) is 3. The van der Waals surface area contributed by atoms with Gasteiger partial charge in [-0.15, -0.1) is 0 Å². The molecule has 0 aliphatic heterocycles. The van der Waals surface area contributed by atoms with Gasteiger partial charge in [-0.25, -0.2) is 0 Å². The van der Waals surface area contributed by atoms with Crippen LogP contribution >= 0.6 is 12.2 Å². The van der Waals surface area contributed by atoms with E-state index in [2.05, 4.69) is 17.1 Å². The first-order chi connectivity index (χ1) is 7.22. The highest BCUT2D eigenvalue weighted by Gasteiger charge is 2.22. The molecule has 2 N–H and O–H groups in total. The third-order valence-electron chi connectivity index (χ3n) is 3.19. The molecule has 4 nitrogen and oxygen atoms in total. The predicted octanol–water partition coefficient (Wildman–Crippen LogP) is 2.18. The van der Waals surface area contributed by atoms with E-state index in [9.17, 15) is 5.11 Å². The number of nitrogens with zero attached hydrogens (tertiary/aromatic N) is 2. The topological polar surface area (TPSA) is 53.8 Å². The lowest BCUT2D eigenvalue weighted by atomic mass is 9.87. The fourth-order valence-electron chi connectivity index (χ4n) is 2.46. The van der Waals surface area contributed by atoms with E-state index in [0.717, 1.165) is 18.8 Å². The van der Waals surface area contributed by atoms with Gasteiger partial charge in [0.15, 0.2) is 10.6 Å². The zero-order valence-electron chi connectivity index (χ0n) is 8.94. The van der Waals surface area contributed by atoms with Crippen molar-refractivity contribution in [3.63, 3.8) is 0 Å². The maximum Gasteiger partial charge on any atom is 0.195 e. The molecule has 0 aromatic carbocycles. The molecule has 2 atom stereocenters. The van der Waals surface area contributed by atoms with Crippen molar-refractivity contribution < 1.29 is 5.11 Å².